The molecule has 1 aliphatic heterocycles. The van der Waals surface area contributed by atoms with Gasteiger partial charge in [0.05, 0.1) is 30.8 Å². The minimum Gasteiger partial charge on any atom is -0.481 e. The van der Waals surface area contributed by atoms with Gasteiger partial charge in [0.25, 0.3) is 0 Å². The van der Waals surface area contributed by atoms with Crippen LogP contribution < -0.4 is 10.6 Å². The van der Waals surface area contributed by atoms with Crippen LogP contribution in [0.2, 0.25) is 0 Å². The molecular formula is C54H98N3O15PS. The van der Waals surface area contributed by atoms with Gasteiger partial charge < -0.3 is 34.8 Å². The summed E-state index contributed by atoms with van der Waals surface area (Å²) in [4.78, 5) is 96.6. The Morgan fingerprint density at radius 3 is 1.54 bits per heavy atom. The molecule has 0 saturated carbocycles. The third kappa shape index (κ3) is 41.1. The number of hydrogen-bond donors (Lipinski definition) is 4. The van der Waals surface area contributed by atoms with Gasteiger partial charge in [-0.05, 0) is 12.8 Å². The van der Waals surface area contributed by atoms with Crippen molar-refractivity contribution in [3.05, 3.63) is 0 Å². The number of carboxylic acid groups (broad SMARTS) is 1. The van der Waals surface area contributed by atoms with E-state index >= 15 is 0 Å². The fraction of sp³-hybridized carbons (Fsp3) is 0.870. The summed E-state index contributed by atoms with van der Waals surface area (Å²) in [5.41, 5.74) is 0. The second-order valence-corrected chi connectivity index (χ2v) is 22.2. The number of esters is 2. The smallest absolute Gasteiger partial charge is 0.472 e. The number of thioether (sulfide) groups is 1. The maximum Gasteiger partial charge on any atom is 0.472 e. The van der Waals surface area contributed by atoms with E-state index in [1.807, 2.05) is 0 Å². The number of nitrogens with zero attached hydrogens (tertiary/aromatic N) is 1. The Bertz CT molecular complexity index is 1580. The monoisotopic (exact) mass is 1090 g/mol. The lowest BCUT2D eigenvalue weighted by molar-refractivity contribution is -0.161. The number of carbonyl (C=O) groups is 7. The van der Waals surface area contributed by atoms with Crippen LogP contribution >= 0.6 is 19.6 Å². The number of carbonyl (C=O) groups excluding carboxylic acids is 6. The van der Waals surface area contributed by atoms with Gasteiger partial charge in [0.2, 0.25) is 23.6 Å². The van der Waals surface area contributed by atoms with Gasteiger partial charge in [-0.25, -0.2) is 4.57 Å². The van der Waals surface area contributed by atoms with E-state index in [0.717, 1.165) is 55.2 Å². The number of ether oxygens (including phenoxy) is 3. The molecule has 1 saturated heterocycles. The maximum absolute atomic E-state index is 12.8. The van der Waals surface area contributed by atoms with E-state index in [4.69, 9.17) is 28.4 Å². The van der Waals surface area contributed by atoms with Crippen molar-refractivity contribution in [2.75, 3.05) is 58.4 Å². The first-order valence-corrected chi connectivity index (χ1v) is 31.1. The van der Waals surface area contributed by atoms with Crippen molar-refractivity contribution in [2.24, 2.45) is 0 Å². The van der Waals surface area contributed by atoms with E-state index in [-0.39, 0.29) is 70.9 Å². The van der Waals surface area contributed by atoms with Crippen LogP contribution in [0.15, 0.2) is 0 Å². The Balaban J connectivity index is 2.38. The van der Waals surface area contributed by atoms with E-state index in [1.54, 1.807) is 0 Å². The third-order valence-corrected chi connectivity index (χ3v) is 14.9. The number of phosphoric ester groups is 1. The minimum absolute atomic E-state index is 0.0355. The average molecular weight is 1090 g/mol. The summed E-state index contributed by atoms with van der Waals surface area (Å²) in [5, 5.41) is 13.1. The van der Waals surface area contributed by atoms with Crippen LogP contribution in [0.5, 0.6) is 0 Å². The first-order chi connectivity index (χ1) is 35.8. The predicted molar refractivity (Wildman–Crippen MR) is 288 cm³/mol. The topological polar surface area (TPSA) is 250 Å². The molecule has 2 unspecified atom stereocenters. The summed E-state index contributed by atoms with van der Waals surface area (Å²) in [7, 11) is -4.68. The van der Waals surface area contributed by atoms with E-state index in [1.165, 1.54) is 141 Å². The van der Waals surface area contributed by atoms with Gasteiger partial charge in [-0.1, -0.05) is 194 Å². The molecule has 18 nitrogen and oxygen atoms in total. The number of hydrogen-bond acceptors (Lipinski definition) is 14. The van der Waals surface area contributed by atoms with Gasteiger partial charge in [-0.2, -0.15) is 0 Å². The summed E-state index contributed by atoms with van der Waals surface area (Å²) in [6.45, 7) is 2.45. The molecule has 0 bridgehead atoms. The quantitative estimate of drug-likeness (QED) is 0.0191. The van der Waals surface area contributed by atoms with Crippen molar-refractivity contribution in [1.29, 1.82) is 0 Å². The highest BCUT2D eigenvalue weighted by molar-refractivity contribution is 8.01. The Hall–Kier alpha value is -3.09. The molecule has 4 N–H and O–H groups in total. The predicted octanol–water partition coefficient (Wildman–Crippen LogP) is 10.7. The van der Waals surface area contributed by atoms with Crippen LogP contribution in [0.3, 0.4) is 0 Å². The average Bonchev–Trinajstić information content (AvgIpc) is 3.64. The highest BCUT2D eigenvalue weighted by Crippen LogP contribution is 2.43. The fourth-order valence-corrected chi connectivity index (χ4v) is 10.1. The number of rotatable bonds is 53. The summed E-state index contributed by atoms with van der Waals surface area (Å²) < 4.78 is 39.1. The summed E-state index contributed by atoms with van der Waals surface area (Å²) in [5.74, 6) is -4.40. The van der Waals surface area contributed by atoms with Crippen molar-refractivity contribution >= 4 is 61.1 Å². The molecular weight excluding hydrogens is 994 g/mol. The number of unbranched alkanes of at least 4 members (excludes halogenated alkanes) is 28. The van der Waals surface area contributed by atoms with Gasteiger partial charge >= 0.3 is 25.7 Å². The number of aliphatic carboxylic acids is 1. The SMILES string of the molecule is CCCCCCCCCCCCCCCCCC(=O)OC[C@H](COP(=O)(O)OCCNC(=O)COCCNC(=O)CCN1C(=O)CC(SCC(=O)O)C1=O)OC(=O)CCCCCCCCCCCCCCCCC. The molecule has 0 spiro atoms. The standard InChI is InChI=1S/C54H98N3O15PS/c1-3-5-7-9-11-13-15-17-19-21-23-25-27-29-31-33-52(63)69-42-46(72-53(64)34-32-30-28-26-24-22-20-18-16-14-12-10-8-6-4-2)43-71-73(66,67)70-40-37-56-49(59)44-68-39-36-55-48(58)35-38-57-50(60)41-47(54(57)65)74-45-51(61)62/h46-47H,3-45H2,1-2H3,(H,55,58)(H,56,59)(H,61,62)(H,66,67)/t46-,47?/m1/s1. The molecule has 1 rings (SSSR count). The molecule has 430 valence electrons. The molecule has 0 aromatic heterocycles. The highest BCUT2D eigenvalue weighted by Gasteiger charge is 2.39. The number of imide groups is 1. The zero-order chi connectivity index (χ0) is 54.3. The normalized spacial score (nSPS) is 14.7. The van der Waals surface area contributed by atoms with Gasteiger partial charge in [0, 0.05) is 45.3 Å². The number of carboxylic acids is 1. The second kappa shape index (κ2) is 47.1. The molecule has 1 aliphatic rings. The maximum atomic E-state index is 12.8. The van der Waals surface area contributed by atoms with Crippen LogP contribution in [-0.4, -0.2) is 126 Å². The molecule has 0 aliphatic carbocycles. The molecule has 0 radical (unpaired) electrons. The molecule has 4 amide bonds. The largest absolute Gasteiger partial charge is 0.481 e. The van der Waals surface area contributed by atoms with E-state index in [0.29, 0.717) is 12.8 Å². The van der Waals surface area contributed by atoms with Gasteiger partial charge in [0.1, 0.15) is 13.2 Å². The number of amides is 4. The summed E-state index contributed by atoms with van der Waals surface area (Å²) >= 11 is 0.865. The van der Waals surface area contributed by atoms with Crippen LogP contribution in [0.4, 0.5) is 0 Å². The number of nitrogens with one attached hydrogen (secondary N) is 2. The molecule has 3 atom stereocenters. The van der Waals surface area contributed by atoms with Crippen LogP contribution in [0.25, 0.3) is 0 Å². The van der Waals surface area contributed by atoms with Crippen molar-refractivity contribution in [1.82, 2.24) is 15.5 Å². The molecule has 74 heavy (non-hydrogen) atoms. The molecule has 20 heteroatoms. The third-order valence-electron chi connectivity index (χ3n) is 12.8. The van der Waals surface area contributed by atoms with E-state index in [2.05, 4.69) is 24.5 Å². The molecule has 1 heterocycles. The zero-order valence-corrected chi connectivity index (χ0v) is 47.3. The molecule has 1 fully saturated rings. The Kier molecular flexibility index (Phi) is 43.9. The van der Waals surface area contributed by atoms with Crippen molar-refractivity contribution < 1.29 is 71.4 Å². The van der Waals surface area contributed by atoms with Gasteiger partial charge in [-0.3, -0.25) is 47.5 Å². The Labute approximate surface area is 448 Å². The first-order valence-electron chi connectivity index (χ1n) is 28.5. The van der Waals surface area contributed by atoms with Crippen molar-refractivity contribution in [3.63, 3.8) is 0 Å². The molecule has 0 aromatic rings. The van der Waals surface area contributed by atoms with E-state index < -0.39 is 73.9 Å². The second-order valence-electron chi connectivity index (χ2n) is 19.6. The summed E-state index contributed by atoms with van der Waals surface area (Å²) in [6, 6.07) is 0. The van der Waals surface area contributed by atoms with E-state index in [9.17, 15) is 43.0 Å². The first kappa shape index (κ1) is 68.9. The Morgan fingerprint density at radius 1 is 0.608 bits per heavy atom. The van der Waals surface area contributed by atoms with Crippen molar-refractivity contribution in [2.45, 2.75) is 244 Å². The Morgan fingerprint density at radius 2 is 1.05 bits per heavy atom. The van der Waals surface area contributed by atoms with Crippen LogP contribution in [0.1, 0.15) is 232 Å². The molecule has 0 aromatic carbocycles. The minimum atomic E-state index is -4.68. The lowest BCUT2D eigenvalue weighted by Crippen LogP contribution is -2.36. The fourth-order valence-electron chi connectivity index (χ4n) is 8.44. The highest BCUT2D eigenvalue weighted by atomic mass is 32.2. The summed E-state index contributed by atoms with van der Waals surface area (Å²) in [6.07, 6.45) is 35.0. The van der Waals surface area contributed by atoms with Crippen LogP contribution in [0, 0.1) is 0 Å². The lowest BCUT2D eigenvalue weighted by atomic mass is 10.0. The van der Waals surface area contributed by atoms with Crippen molar-refractivity contribution in [3.8, 4) is 0 Å². The van der Waals surface area contributed by atoms with Gasteiger partial charge in [0.15, 0.2) is 6.10 Å². The lowest BCUT2D eigenvalue weighted by Gasteiger charge is -2.20. The number of likely N-dealkylation sites (tertiary alicyclic amines) is 1. The number of phosphoric acid groups is 1. The zero-order valence-electron chi connectivity index (χ0n) is 45.6. The van der Waals surface area contributed by atoms with Gasteiger partial charge in [-0.15, -0.1) is 11.8 Å². The van der Waals surface area contributed by atoms with Crippen LogP contribution in [-0.2, 0) is 61.4 Å².